The van der Waals surface area contributed by atoms with Gasteiger partial charge in [0.15, 0.2) is 0 Å². The Labute approximate surface area is 163 Å². The lowest BCUT2D eigenvalue weighted by Crippen LogP contribution is -2.47. The average molecular weight is 382 g/mol. The van der Waals surface area contributed by atoms with Crippen LogP contribution in [0.1, 0.15) is 44.7 Å². The van der Waals surface area contributed by atoms with Crippen molar-refractivity contribution in [2.75, 3.05) is 20.6 Å². The minimum atomic E-state index is -0.203. The zero-order valence-corrected chi connectivity index (χ0v) is 17.0. The SMILES string of the molecule is CC(C)C(N)CCN(C)C(=O)C1CCC(=O)N(C)C1c1ccccc1.Cl. The second-order valence-electron chi connectivity index (χ2n) is 7.46. The van der Waals surface area contributed by atoms with Crippen molar-refractivity contribution < 1.29 is 9.59 Å². The predicted molar refractivity (Wildman–Crippen MR) is 107 cm³/mol. The second-order valence-corrected chi connectivity index (χ2v) is 7.46. The van der Waals surface area contributed by atoms with Gasteiger partial charge >= 0.3 is 0 Å². The molecule has 1 aromatic carbocycles. The number of piperidine rings is 1. The normalized spacial score (nSPS) is 21.3. The minimum Gasteiger partial charge on any atom is -0.345 e. The molecule has 1 aromatic rings. The van der Waals surface area contributed by atoms with E-state index in [4.69, 9.17) is 5.73 Å². The molecule has 2 N–H and O–H groups in total. The fourth-order valence-corrected chi connectivity index (χ4v) is 3.47. The summed E-state index contributed by atoms with van der Waals surface area (Å²) in [6.07, 6.45) is 1.81. The van der Waals surface area contributed by atoms with E-state index in [0.29, 0.717) is 25.3 Å². The van der Waals surface area contributed by atoms with Crippen molar-refractivity contribution >= 4 is 24.2 Å². The van der Waals surface area contributed by atoms with Crippen molar-refractivity contribution in [1.82, 2.24) is 9.80 Å². The van der Waals surface area contributed by atoms with E-state index >= 15 is 0 Å². The number of halogens is 1. The number of hydrogen-bond donors (Lipinski definition) is 1. The highest BCUT2D eigenvalue weighted by molar-refractivity contribution is 5.85. The molecule has 0 radical (unpaired) electrons. The first kappa shape index (κ1) is 22.5. The summed E-state index contributed by atoms with van der Waals surface area (Å²) in [7, 11) is 3.64. The van der Waals surface area contributed by atoms with Crippen LogP contribution < -0.4 is 5.73 Å². The highest BCUT2D eigenvalue weighted by Crippen LogP contribution is 2.36. The zero-order chi connectivity index (χ0) is 18.6. The van der Waals surface area contributed by atoms with Crippen LogP contribution in [0.15, 0.2) is 30.3 Å². The number of carbonyl (C=O) groups excluding carboxylic acids is 2. The summed E-state index contributed by atoms with van der Waals surface area (Å²) in [5.74, 6) is 0.399. The smallest absolute Gasteiger partial charge is 0.227 e. The number of amides is 2. The van der Waals surface area contributed by atoms with Crippen LogP contribution in [-0.2, 0) is 9.59 Å². The van der Waals surface area contributed by atoms with Gasteiger partial charge < -0.3 is 15.5 Å². The van der Waals surface area contributed by atoms with Crippen LogP contribution in [0.5, 0.6) is 0 Å². The quantitative estimate of drug-likeness (QED) is 0.823. The van der Waals surface area contributed by atoms with E-state index in [0.717, 1.165) is 12.0 Å². The maximum Gasteiger partial charge on any atom is 0.227 e. The molecule has 0 spiro atoms. The molecule has 1 aliphatic rings. The fourth-order valence-electron chi connectivity index (χ4n) is 3.47. The van der Waals surface area contributed by atoms with Gasteiger partial charge in [-0.15, -0.1) is 12.4 Å². The summed E-state index contributed by atoms with van der Waals surface area (Å²) in [5.41, 5.74) is 7.13. The van der Waals surface area contributed by atoms with Gasteiger partial charge in [-0.1, -0.05) is 44.2 Å². The third-order valence-electron chi connectivity index (χ3n) is 5.35. The molecule has 2 rings (SSSR count). The molecule has 2 amide bonds. The van der Waals surface area contributed by atoms with E-state index < -0.39 is 0 Å². The lowest BCUT2D eigenvalue weighted by atomic mass is 9.83. The third kappa shape index (κ3) is 5.21. The fraction of sp³-hybridized carbons (Fsp3) is 0.600. The molecule has 5 nitrogen and oxygen atoms in total. The van der Waals surface area contributed by atoms with Gasteiger partial charge in [0.2, 0.25) is 11.8 Å². The Kier molecular flexibility index (Phi) is 8.57. The van der Waals surface area contributed by atoms with Crippen molar-refractivity contribution in [2.45, 2.75) is 45.2 Å². The summed E-state index contributed by atoms with van der Waals surface area (Å²) >= 11 is 0. The third-order valence-corrected chi connectivity index (χ3v) is 5.35. The number of rotatable bonds is 6. The van der Waals surface area contributed by atoms with Crippen molar-refractivity contribution in [3.05, 3.63) is 35.9 Å². The Morgan fingerprint density at radius 3 is 2.50 bits per heavy atom. The standard InChI is InChI=1S/C20H31N3O2.ClH/c1-14(2)17(21)12-13-22(3)20(25)16-10-11-18(24)23(4)19(16)15-8-6-5-7-9-15;/h5-9,14,16-17,19H,10-13,21H2,1-4H3;1H. The largest absolute Gasteiger partial charge is 0.345 e. The Morgan fingerprint density at radius 2 is 1.92 bits per heavy atom. The van der Waals surface area contributed by atoms with Crippen molar-refractivity contribution in [3.8, 4) is 0 Å². The van der Waals surface area contributed by atoms with Gasteiger partial charge in [0, 0.05) is 33.1 Å². The lowest BCUT2D eigenvalue weighted by Gasteiger charge is -2.40. The molecule has 1 saturated heterocycles. The molecule has 0 aromatic heterocycles. The van der Waals surface area contributed by atoms with Crippen LogP contribution >= 0.6 is 12.4 Å². The molecule has 6 heteroatoms. The van der Waals surface area contributed by atoms with Gasteiger partial charge in [-0.2, -0.15) is 0 Å². The molecule has 146 valence electrons. The molecule has 1 aliphatic heterocycles. The summed E-state index contributed by atoms with van der Waals surface area (Å²) in [4.78, 5) is 28.8. The number of benzene rings is 1. The first-order valence-electron chi connectivity index (χ1n) is 9.14. The second kappa shape index (κ2) is 9.93. The molecule has 3 unspecified atom stereocenters. The monoisotopic (exact) mass is 381 g/mol. The topological polar surface area (TPSA) is 66.6 Å². The first-order chi connectivity index (χ1) is 11.8. The highest BCUT2D eigenvalue weighted by Gasteiger charge is 2.39. The van der Waals surface area contributed by atoms with Crippen LogP contribution in [0.25, 0.3) is 0 Å². The van der Waals surface area contributed by atoms with Gasteiger partial charge in [0.1, 0.15) is 0 Å². The number of carbonyl (C=O) groups is 2. The molecule has 0 saturated carbocycles. The van der Waals surface area contributed by atoms with Crippen LogP contribution in [0.4, 0.5) is 0 Å². The minimum absolute atomic E-state index is 0. The van der Waals surface area contributed by atoms with Gasteiger partial charge in [-0.05, 0) is 24.3 Å². The van der Waals surface area contributed by atoms with E-state index in [9.17, 15) is 9.59 Å². The molecule has 0 aliphatic carbocycles. The van der Waals surface area contributed by atoms with Gasteiger partial charge in [0.25, 0.3) is 0 Å². The average Bonchev–Trinajstić information content (AvgIpc) is 2.61. The summed E-state index contributed by atoms with van der Waals surface area (Å²) in [6, 6.07) is 9.74. The van der Waals surface area contributed by atoms with E-state index in [1.54, 1.807) is 16.8 Å². The molecule has 0 bridgehead atoms. The predicted octanol–water partition coefficient (Wildman–Crippen LogP) is 2.85. The molecular formula is C20H32ClN3O2. The first-order valence-corrected chi connectivity index (χ1v) is 9.14. The number of hydrogen-bond acceptors (Lipinski definition) is 3. The van der Waals surface area contributed by atoms with Crippen LogP contribution in [-0.4, -0.2) is 48.3 Å². The van der Waals surface area contributed by atoms with Crippen molar-refractivity contribution in [1.29, 1.82) is 0 Å². The van der Waals surface area contributed by atoms with Crippen LogP contribution in [0.2, 0.25) is 0 Å². The van der Waals surface area contributed by atoms with Crippen LogP contribution in [0.3, 0.4) is 0 Å². The van der Waals surface area contributed by atoms with E-state index in [-0.39, 0.29) is 42.2 Å². The van der Waals surface area contributed by atoms with Gasteiger partial charge in [-0.25, -0.2) is 0 Å². The zero-order valence-electron chi connectivity index (χ0n) is 16.2. The highest BCUT2D eigenvalue weighted by atomic mass is 35.5. The van der Waals surface area contributed by atoms with E-state index in [1.165, 1.54) is 0 Å². The van der Waals surface area contributed by atoms with Gasteiger partial charge in [0.05, 0.1) is 12.0 Å². The summed E-state index contributed by atoms with van der Waals surface area (Å²) in [6.45, 7) is 4.84. The molecular weight excluding hydrogens is 350 g/mol. The number of nitrogens with two attached hydrogens (primary N) is 1. The van der Waals surface area contributed by atoms with Gasteiger partial charge in [-0.3, -0.25) is 9.59 Å². The molecule has 1 heterocycles. The summed E-state index contributed by atoms with van der Waals surface area (Å²) < 4.78 is 0. The Hall–Kier alpha value is -1.59. The Bertz CT molecular complexity index is 594. The lowest BCUT2D eigenvalue weighted by molar-refractivity contribution is -0.146. The van der Waals surface area contributed by atoms with E-state index in [2.05, 4.69) is 13.8 Å². The van der Waals surface area contributed by atoms with Crippen molar-refractivity contribution in [2.24, 2.45) is 17.6 Å². The summed E-state index contributed by atoms with van der Waals surface area (Å²) in [5, 5.41) is 0. The van der Waals surface area contributed by atoms with Crippen LogP contribution in [0, 0.1) is 11.8 Å². The number of nitrogens with zero attached hydrogens (tertiary/aromatic N) is 2. The number of likely N-dealkylation sites (tertiary alicyclic amines) is 1. The van der Waals surface area contributed by atoms with Crippen molar-refractivity contribution in [3.63, 3.8) is 0 Å². The molecule has 3 atom stereocenters. The maximum absolute atomic E-state index is 13.1. The molecule has 26 heavy (non-hydrogen) atoms. The van der Waals surface area contributed by atoms with E-state index in [1.807, 2.05) is 37.4 Å². The molecule has 1 fully saturated rings. The maximum atomic E-state index is 13.1. The Balaban J connectivity index is 0.00000338. The Morgan fingerprint density at radius 1 is 1.31 bits per heavy atom.